The SMILES string of the molecule is COc1ccc(-c2cnc(N)c(C(=O)c3cccc(N4CCNC(c5ccccc5)C4)n3)c2)cc1. The number of hydrogen-bond donors (Lipinski definition) is 2. The van der Waals surface area contributed by atoms with Crippen LogP contribution in [0.5, 0.6) is 5.75 Å². The second-order valence-corrected chi connectivity index (χ2v) is 8.46. The van der Waals surface area contributed by atoms with Gasteiger partial charge in [-0.3, -0.25) is 4.79 Å². The van der Waals surface area contributed by atoms with Crippen molar-refractivity contribution in [1.29, 1.82) is 0 Å². The third kappa shape index (κ3) is 4.85. The fourth-order valence-electron chi connectivity index (χ4n) is 4.33. The average Bonchev–Trinajstić information content (AvgIpc) is 2.93. The van der Waals surface area contributed by atoms with Crippen molar-refractivity contribution in [3.05, 3.63) is 102 Å². The van der Waals surface area contributed by atoms with Crippen molar-refractivity contribution in [2.24, 2.45) is 0 Å². The molecule has 1 aliphatic heterocycles. The Morgan fingerprint density at radius 2 is 1.83 bits per heavy atom. The van der Waals surface area contributed by atoms with Crippen molar-refractivity contribution in [2.75, 3.05) is 37.4 Å². The molecule has 1 aliphatic rings. The number of piperazine rings is 1. The van der Waals surface area contributed by atoms with E-state index in [1.165, 1.54) is 5.56 Å². The van der Waals surface area contributed by atoms with Gasteiger partial charge in [-0.25, -0.2) is 9.97 Å². The molecule has 2 aromatic heterocycles. The third-order valence-corrected chi connectivity index (χ3v) is 6.25. The predicted octanol–water partition coefficient (Wildman–Crippen LogP) is 4.12. The molecule has 1 atom stereocenters. The molecule has 3 heterocycles. The molecule has 7 nitrogen and oxygen atoms in total. The molecule has 7 heteroatoms. The molecule has 0 bridgehead atoms. The molecule has 176 valence electrons. The summed E-state index contributed by atoms with van der Waals surface area (Å²) in [5, 5.41) is 3.57. The van der Waals surface area contributed by atoms with Crippen LogP contribution >= 0.6 is 0 Å². The second-order valence-electron chi connectivity index (χ2n) is 8.46. The predicted molar refractivity (Wildman–Crippen MR) is 138 cm³/mol. The Hall–Kier alpha value is -4.23. The van der Waals surface area contributed by atoms with Crippen LogP contribution in [0.25, 0.3) is 11.1 Å². The number of methoxy groups -OCH3 is 1. The summed E-state index contributed by atoms with van der Waals surface area (Å²) in [6.07, 6.45) is 1.67. The molecule has 4 aromatic rings. The van der Waals surface area contributed by atoms with E-state index >= 15 is 0 Å². The zero-order valence-electron chi connectivity index (χ0n) is 19.5. The average molecular weight is 466 g/mol. The Labute approximate surface area is 204 Å². The highest BCUT2D eigenvalue weighted by molar-refractivity contribution is 6.11. The number of benzene rings is 2. The van der Waals surface area contributed by atoms with Crippen LogP contribution in [0.4, 0.5) is 11.6 Å². The molecule has 35 heavy (non-hydrogen) atoms. The van der Waals surface area contributed by atoms with Crippen LogP contribution in [0, 0.1) is 0 Å². The van der Waals surface area contributed by atoms with Crippen molar-refractivity contribution in [1.82, 2.24) is 15.3 Å². The first-order chi connectivity index (χ1) is 17.1. The standard InChI is InChI=1S/C28H27N5O2/c1-35-22-12-10-19(11-13-22)21-16-23(28(29)31-17-21)27(34)24-8-5-9-26(32-24)33-15-14-30-25(18-33)20-6-3-2-4-7-20/h2-13,16-17,25,30H,14-15,18H2,1H3,(H2,29,31). The minimum Gasteiger partial charge on any atom is -0.497 e. The molecular formula is C28H27N5O2. The maximum Gasteiger partial charge on any atom is 0.215 e. The number of nitrogens with two attached hydrogens (primary N) is 1. The van der Waals surface area contributed by atoms with Crippen LogP contribution in [0.15, 0.2) is 85.1 Å². The summed E-state index contributed by atoms with van der Waals surface area (Å²) in [7, 11) is 1.62. The maximum atomic E-state index is 13.4. The van der Waals surface area contributed by atoms with E-state index in [1.807, 2.05) is 54.6 Å². The fraction of sp³-hybridized carbons (Fsp3) is 0.179. The third-order valence-electron chi connectivity index (χ3n) is 6.25. The number of rotatable bonds is 6. The van der Waals surface area contributed by atoms with E-state index < -0.39 is 0 Å². The van der Waals surface area contributed by atoms with Crippen molar-refractivity contribution < 1.29 is 9.53 Å². The van der Waals surface area contributed by atoms with Crippen LogP contribution in [0.2, 0.25) is 0 Å². The van der Waals surface area contributed by atoms with Gasteiger partial charge in [-0.15, -0.1) is 0 Å². The van der Waals surface area contributed by atoms with Gasteiger partial charge in [0, 0.05) is 37.4 Å². The number of aromatic nitrogens is 2. The highest BCUT2D eigenvalue weighted by Gasteiger charge is 2.23. The summed E-state index contributed by atoms with van der Waals surface area (Å²) >= 11 is 0. The summed E-state index contributed by atoms with van der Waals surface area (Å²) in [5.41, 5.74) is 9.75. The van der Waals surface area contributed by atoms with Gasteiger partial charge < -0.3 is 20.7 Å². The van der Waals surface area contributed by atoms with Crippen molar-refractivity contribution >= 4 is 17.4 Å². The summed E-state index contributed by atoms with van der Waals surface area (Å²) in [6.45, 7) is 2.41. The number of pyridine rings is 2. The molecule has 0 radical (unpaired) electrons. The first kappa shape index (κ1) is 22.6. The lowest BCUT2D eigenvalue weighted by molar-refractivity contribution is 0.103. The minimum absolute atomic E-state index is 0.186. The van der Waals surface area contributed by atoms with Crippen LogP contribution in [-0.2, 0) is 0 Å². The number of hydrogen-bond acceptors (Lipinski definition) is 7. The molecule has 0 saturated carbocycles. The number of ether oxygens (including phenoxy) is 1. The summed E-state index contributed by atoms with van der Waals surface area (Å²) < 4.78 is 5.23. The van der Waals surface area contributed by atoms with Gasteiger partial charge in [0.1, 0.15) is 23.1 Å². The normalized spacial score (nSPS) is 15.6. The van der Waals surface area contributed by atoms with Crippen molar-refractivity contribution in [3.8, 4) is 16.9 Å². The lowest BCUT2D eigenvalue weighted by Crippen LogP contribution is -2.46. The van der Waals surface area contributed by atoms with E-state index in [9.17, 15) is 4.79 Å². The van der Waals surface area contributed by atoms with Crippen LogP contribution < -0.4 is 20.7 Å². The molecule has 3 N–H and O–H groups in total. The first-order valence-corrected chi connectivity index (χ1v) is 11.6. The zero-order chi connectivity index (χ0) is 24.2. The molecule has 0 spiro atoms. The smallest absolute Gasteiger partial charge is 0.215 e. The Morgan fingerprint density at radius 1 is 1.03 bits per heavy atom. The molecule has 1 unspecified atom stereocenters. The van der Waals surface area contributed by atoms with Gasteiger partial charge in [0.2, 0.25) is 5.78 Å². The minimum atomic E-state index is -0.248. The highest BCUT2D eigenvalue weighted by Crippen LogP contribution is 2.26. The largest absolute Gasteiger partial charge is 0.497 e. The number of carbonyl (C=O) groups is 1. The van der Waals surface area contributed by atoms with Crippen molar-refractivity contribution in [2.45, 2.75) is 6.04 Å². The monoisotopic (exact) mass is 465 g/mol. The van der Waals surface area contributed by atoms with Crippen molar-refractivity contribution in [3.63, 3.8) is 0 Å². The van der Waals surface area contributed by atoms with Crippen LogP contribution in [-0.4, -0.2) is 42.5 Å². The van der Waals surface area contributed by atoms with E-state index in [0.29, 0.717) is 11.3 Å². The molecule has 0 amide bonds. The summed E-state index contributed by atoms with van der Waals surface area (Å²) in [6, 6.07) is 25.5. The lowest BCUT2D eigenvalue weighted by Gasteiger charge is -2.35. The fourth-order valence-corrected chi connectivity index (χ4v) is 4.33. The van der Waals surface area contributed by atoms with Gasteiger partial charge in [-0.1, -0.05) is 48.5 Å². The van der Waals surface area contributed by atoms with Gasteiger partial charge in [-0.05, 0) is 41.5 Å². The van der Waals surface area contributed by atoms with Gasteiger partial charge in [-0.2, -0.15) is 0 Å². The first-order valence-electron chi connectivity index (χ1n) is 11.6. The quantitative estimate of drug-likeness (QED) is 0.414. The molecule has 2 aromatic carbocycles. The topological polar surface area (TPSA) is 93.4 Å². The number of nitrogen functional groups attached to an aromatic ring is 1. The second kappa shape index (κ2) is 9.95. The highest BCUT2D eigenvalue weighted by atomic mass is 16.5. The number of nitrogens with zero attached hydrogens (tertiary/aromatic N) is 3. The van der Waals surface area contributed by atoms with Gasteiger partial charge in [0.25, 0.3) is 0 Å². The molecule has 0 aliphatic carbocycles. The van der Waals surface area contributed by atoms with Crippen LogP contribution in [0.3, 0.4) is 0 Å². The maximum absolute atomic E-state index is 13.4. The van der Waals surface area contributed by atoms with Gasteiger partial charge in [0.05, 0.1) is 12.7 Å². The molecule has 5 rings (SSSR count). The Morgan fingerprint density at radius 3 is 2.60 bits per heavy atom. The Balaban J connectivity index is 1.40. The van der Waals surface area contributed by atoms with E-state index in [-0.39, 0.29) is 17.6 Å². The van der Waals surface area contributed by atoms with E-state index in [1.54, 1.807) is 25.4 Å². The summed E-state index contributed by atoms with van der Waals surface area (Å²) in [4.78, 5) is 24.6. The number of carbonyl (C=O) groups excluding carboxylic acids is 1. The summed E-state index contributed by atoms with van der Waals surface area (Å²) in [5.74, 6) is 1.47. The molecule has 1 saturated heterocycles. The van der Waals surface area contributed by atoms with Gasteiger partial charge in [0.15, 0.2) is 0 Å². The van der Waals surface area contributed by atoms with E-state index in [2.05, 4.69) is 27.3 Å². The van der Waals surface area contributed by atoms with E-state index in [4.69, 9.17) is 15.5 Å². The zero-order valence-corrected chi connectivity index (χ0v) is 19.5. The van der Waals surface area contributed by atoms with Gasteiger partial charge >= 0.3 is 0 Å². The van der Waals surface area contributed by atoms with E-state index in [0.717, 1.165) is 42.3 Å². The molecule has 1 fully saturated rings. The number of nitrogens with one attached hydrogen (secondary N) is 1. The lowest BCUT2D eigenvalue weighted by atomic mass is 10.0. The Bertz CT molecular complexity index is 1330. The molecular weight excluding hydrogens is 438 g/mol. The Kier molecular flexibility index (Phi) is 6.41. The number of ketones is 1. The van der Waals surface area contributed by atoms with Crippen LogP contribution in [0.1, 0.15) is 27.7 Å². The number of anilines is 2.